The van der Waals surface area contributed by atoms with E-state index in [9.17, 15) is 9.90 Å². The molecule has 0 atom stereocenters. The van der Waals surface area contributed by atoms with E-state index < -0.39 is 5.97 Å². The molecule has 0 saturated carbocycles. The molecule has 0 amide bonds. The van der Waals surface area contributed by atoms with Gasteiger partial charge in [0.25, 0.3) is 0 Å². The van der Waals surface area contributed by atoms with Crippen LogP contribution in [0.5, 0.6) is 0 Å². The van der Waals surface area contributed by atoms with Crippen molar-refractivity contribution in [3.8, 4) is 10.6 Å². The van der Waals surface area contributed by atoms with Gasteiger partial charge in [-0.15, -0.1) is 11.3 Å². The molecule has 3 rings (SSSR count). The lowest BCUT2D eigenvalue weighted by Gasteiger charge is -2.03. The van der Waals surface area contributed by atoms with Crippen molar-refractivity contribution in [3.63, 3.8) is 0 Å². The number of carbonyl (C=O) groups is 1. The number of aromatic carboxylic acids is 1. The van der Waals surface area contributed by atoms with Crippen LogP contribution in [0, 0.1) is 6.92 Å². The van der Waals surface area contributed by atoms with Crippen molar-refractivity contribution in [1.82, 2.24) is 4.98 Å². The van der Waals surface area contributed by atoms with Crippen LogP contribution in [0.15, 0.2) is 30.3 Å². The molecule has 0 spiro atoms. The predicted octanol–water partition coefficient (Wildman–Crippen LogP) is 4.18. The second-order valence-corrected chi connectivity index (χ2v) is 6.99. The normalized spacial score (nSPS) is 11.2. The summed E-state index contributed by atoms with van der Waals surface area (Å²) >= 11 is 1.75. The lowest BCUT2D eigenvalue weighted by Crippen LogP contribution is -1.99. The average molecular weight is 328 g/mol. The van der Waals surface area contributed by atoms with Crippen LogP contribution in [-0.4, -0.2) is 22.6 Å². The summed E-state index contributed by atoms with van der Waals surface area (Å²) in [6.45, 7) is 2.77. The van der Waals surface area contributed by atoms with E-state index in [-0.39, 0.29) is 0 Å². The maximum atomic E-state index is 11.3. The Balaban J connectivity index is 2.13. The molecule has 4 nitrogen and oxygen atoms in total. The Labute approximate surface area is 139 Å². The highest BCUT2D eigenvalue weighted by Gasteiger charge is 2.16. The first-order chi connectivity index (χ1) is 11.1. The number of hydrogen-bond donors (Lipinski definition) is 3. The Hall–Kier alpha value is -2.11. The molecule has 5 heteroatoms. The largest absolute Gasteiger partial charge is 0.478 e. The molecule has 3 aromatic rings. The molecule has 0 fully saturated rings. The molecular formula is C18H20N2O2S. The van der Waals surface area contributed by atoms with Gasteiger partial charge in [-0.25, -0.2) is 4.79 Å². The first kappa shape index (κ1) is 15.8. The second kappa shape index (κ2) is 6.56. The quantitative estimate of drug-likeness (QED) is 0.594. The van der Waals surface area contributed by atoms with E-state index >= 15 is 0 Å². The van der Waals surface area contributed by atoms with Crippen LogP contribution in [0.4, 0.5) is 0 Å². The summed E-state index contributed by atoms with van der Waals surface area (Å²) in [4.78, 5) is 17.2. The number of aryl methyl sites for hydroxylation is 2. The molecule has 0 bridgehead atoms. The highest BCUT2D eigenvalue weighted by atomic mass is 32.1. The second-order valence-electron chi connectivity index (χ2n) is 5.70. The van der Waals surface area contributed by atoms with Crippen LogP contribution in [-0.2, 0) is 6.42 Å². The van der Waals surface area contributed by atoms with E-state index in [1.54, 1.807) is 23.5 Å². The summed E-state index contributed by atoms with van der Waals surface area (Å²) in [5.74, 6) is -0.894. The number of nitrogens with two attached hydrogens (primary N) is 1. The summed E-state index contributed by atoms with van der Waals surface area (Å²) in [6.07, 6.45) is 2.86. The third kappa shape index (κ3) is 3.16. The maximum absolute atomic E-state index is 11.3. The van der Waals surface area contributed by atoms with E-state index in [1.807, 2.05) is 6.07 Å². The van der Waals surface area contributed by atoms with E-state index in [0.29, 0.717) is 12.1 Å². The van der Waals surface area contributed by atoms with Gasteiger partial charge in [0, 0.05) is 15.8 Å². The molecule has 0 aliphatic heterocycles. The number of nitrogens with one attached hydrogen (secondary N) is 1. The molecular weight excluding hydrogens is 308 g/mol. The van der Waals surface area contributed by atoms with Crippen molar-refractivity contribution in [2.24, 2.45) is 5.73 Å². The number of benzene rings is 1. The smallest absolute Gasteiger partial charge is 0.335 e. The lowest BCUT2D eigenvalue weighted by molar-refractivity contribution is 0.0697. The van der Waals surface area contributed by atoms with Gasteiger partial charge < -0.3 is 15.8 Å². The van der Waals surface area contributed by atoms with Crippen molar-refractivity contribution in [3.05, 3.63) is 46.3 Å². The van der Waals surface area contributed by atoms with E-state index in [4.69, 9.17) is 5.73 Å². The summed E-state index contributed by atoms with van der Waals surface area (Å²) in [6, 6.07) is 9.51. The summed E-state index contributed by atoms with van der Waals surface area (Å²) < 4.78 is 0. The van der Waals surface area contributed by atoms with Gasteiger partial charge in [0.1, 0.15) is 0 Å². The summed E-state index contributed by atoms with van der Waals surface area (Å²) in [5.41, 5.74) is 9.22. The molecule has 0 aliphatic carbocycles. The van der Waals surface area contributed by atoms with Crippen LogP contribution in [0.1, 0.15) is 33.6 Å². The molecule has 2 heterocycles. The van der Waals surface area contributed by atoms with Crippen molar-refractivity contribution in [1.29, 1.82) is 0 Å². The lowest BCUT2D eigenvalue weighted by atomic mass is 10.0. The minimum atomic E-state index is -0.894. The van der Waals surface area contributed by atoms with Gasteiger partial charge in [0.05, 0.1) is 16.1 Å². The fourth-order valence-corrected chi connectivity index (χ4v) is 3.76. The first-order valence-corrected chi connectivity index (χ1v) is 8.56. The van der Waals surface area contributed by atoms with Crippen LogP contribution >= 0.6 is 11.3 Å². The number of rotatable bonds is 6. The minimum absolute atomic E-state index is 0.325. The number of fused-ring (bicyclic) bond motifs is 1. The number of carboxylic acid groups (broad SMARTS) is 1. The first-order valence-electron chi connectivity index (χ1n) is 7.75. The van der Waals surface area contributed by atoms with Crippen molar-refractivity contribution < 1.29 is 9.90 Å². The zero-order valence-electron chi connectivity index (χ0n) is 13.1. The molecule has 1 aromatic carbocycles. The standard InChI is InChI=1S/C18H20N2O2S/c1-11-5-8-16(23-11)17-13(4-2-3-9-19)14-10-12(18(21)22)6-7-15(14)20-17/h5-8,10,20H,2-4,9,19H2,1H3,(H,21,22). The van der Waals surface area contributed by atoms with Gasteiger partial charge in [0.2, 0.25) is 0 Å². The van der Waals surface area contributed by atoms with Gasteiger partial charge in [-0.3, -0.25) is 0 Å². The zero-order valence-corrected chi connectivity index (χ0v) is 13.9. The molecule has 4 N–H and O–H groups in total. The third-order valence-electron chi connectivity index (χ3n) is 4.02. The number of carboxylic acids is 1. The highest BCUT2D eigenvalue weighted by Crippen LogP contribution is 2.35. The SMILES string of the molecule is Cc1ccc(-c2[nH]c3ccc(C(=O)O)cc3c2CCCCN)s1. The predicted molar refractivity (Wildman–Crippen MR) is 95.3 cm³/mol. The zero-order chi connectivity index (χ0) is 16.4. The fraction of sp³-hybridized carbons (Fsp3) is 0.278. The van der Waals surface area contributed by atoms with Gasteiger partial charge in [-0.2, -0.15) is 0 Å². The average Bonchev–Trinajstić information content (AvgIpc) is 3.11. The van der Waals surface area contributed by atoms with Gasteiger partial charge in [-0.1, -0.05) is 0 Å². The van der Waals surface area contributed by atoms with Crippen molar-refractivity contribution in [2.75, 3.05) is 6.54 Å². The van der Waals surface area contributed by atoms with Gasteiger partial charge in [0.15, 0.2) is 0 Å². The van der Waals surface area contributed by atoms with Gasteiger partial charge >= 0.3 is 5.97 Å². The molecule has 120 valence electrons. The Morgan fingerprint density at radius 3 is 2.74 bits per heavy atom. The van der Waals surface area contributed by atoms with Gasteiger partial charge in [-0.05, 0) is 68.6 Å². The topological polar surface area (TPSA) is 79.1 Å². The van der Waals surface area contributed by atoms with E-state index in [2.05, 4.69) is 24.0 Å². The monoisotopic (exact) mass is 328 g/mol. The highest BCUT2D eigenvalue weighted by molar-refractivity contribution is 7.15. The summed E-state index contributed by atoms with van der Waals surface area (Å²) in [5, 5.41) is 10.3. The Morgan fingerprint density at radius 2 is 2.09 bits per heavy atom. The van der Waals surface area contributed by atoms with Crippen LogP contribution in [0.25, 0.3) is 21.5 Å². The molecule has 0 saturated heterocycles. The van der Waals surface area contributed by atoms with E-state index in [1.165, 1.54) is 15.3 Å². The molecule has 23 heavy (non-hydrogen) atoms. The fourth-order valence-electron chi connectivity index (χ4n) is 2.87. The number of thiophene rings is 1. The number of unbranched alkanes of at least 4 members (excludes halogenated alkanes) is 1. The van der Waals surface area contributed by atoms with Crippen LogP contribution in [0.3, 0.4) is 0 Å². The van der Waals surface area contributed by atoms with Crippen LogP contribution < -0.4 is 5.73 Å². The third-order valence-corrected chi connectivity index (χ3v) is 5.04. The van der Waals surface area contributed by atoms with Crippen LogP contribution in [0.2, 0.25) is 0 Å². The molecule has 0 unspecified atom stereocenters. The Kier molecular flexibility index (Phi) is 4.50. The Bertz CT molecular complexity index is 848. The summed E-state index contributed by atoms with van der Waals surface area (Å²) in [7, 11) is 0. The number of aromatic nitrogens is 1. The minimum Gasteiger partial charge on any atom is -0.478 e. The number of H-pyrrole nitrogens is 1. The molecule has 0 aliphatic rings. The Morgan fingerprint density at radius 1 is 1.26 bits per heavy atom. The number of aromatic amines is 1. The molecule has 2 aromatic heterocycles. The van der Waals surface area contributed by atoms with Crippen molar-refractivity contribution >= 4 is 28.2 Å². The molecule has 0 radical (unpaired) electrons. The number of hydrogen-bond acceptors (Lipinski definition) is 3. The van der Waals surface area contributed by atoms with Crippen molar-refractivity contribution in [2.45, 2.75) is 26.2 Å². The van der Waals surface area contributed by atoms with E-state index in [0.717, 1.165) is 35.9 Å². The maximum Gasteiger partial charge on any atom is 0.335 e.